The molecule has 0 fully saturated rings. The van der Waals surface area contributed by atoms with Crippen molar-refractivity contribution in [2.45, 2.75) is 33.4 Å². The molecule has 1 atom stereocenters. The number of aryl methyl sites for hydroxylation is 2. The Morgan fingerprint density at radius 1 is 1.06 bits per heavy atom. The van der Waals surface area contributed by atoms with Crippen molar-refractivity contribution in [1.82, 2.24) is 10.3 Å². The van der Waals surface area contributed by atoms with Crippen LogP contribution in [-0.4, -0.2) is 4.98 Å². The van der Waals surface area contributed by atoms with E-state index in [4.69, 9.17) is 0 Å². The molecule has 1 aromatic carbocycles. The van der Waals surface area contributed by atoms with Crippen LogP contribution in [0.3, 0.4) is 0 Å². The van der Waals surface area contributed by atoms with Gasteiger partial charge in [0.2, 0.25) is 0 Å². The first-order valence-corrected chi connectivity index (χ1v) is 6.38. The molecule has 1 unspecified atom stereocenters. The van der Waals surface area contributed by atoms with E-state index in [9.17, 15) is 0 Å². The van der Waals surface area contributed by atoms with Crippen LogP contribution in [0.4, 0.5) is 0 Å². The first-order chi connectivity index (χ1) is 8.68. The van der Waals surface area contributed by atoms with Crippen LogP contribution in [0, 0.1) is 13.8 Å². The zero-order valence-electron chi connectivity index (χ0n) is 11.3. The van der Waals surface area contributed by atoms with Crippen molar-refractivity contribution < 1.29 is 0 Å². The van der Waals surface area contributed by atoms with Crippen LogP contribution < -0.4 is 5.32 Å². The molecule has 94 valence electrons. The Bertz CT molecular complexity index is 486. The number of pyridine rings is 1. The number of hydrogen-bond donors (Lipinski definition) is 1. The molecule has 2 nitrogen and oxygen atoms in total. The maximum Gasteiger partial charge on any atom is 0.0570 e. The summed E-state index contributed by atoms with van der Waals surface area (Å²) in [6, 6.07) is 12.7. The van der Waals surface area contributed by atoms with Gasteiger partial charge in [0.15, 0.2) is 0 Å². The highest BCUT2D eigenvalue weighted by atomic mass is 14.9. The van der Waals surface area contributed by atoms with Crippen LogP contribution in [-0.2, 0) is 6.54 Å². The van der Waals surface area contributed by atoms with Crippen molar-refractivity contribution >= 4 is 0 Å². The molecule has 0 radical (unpaired) electrons. The fourth-order valence-corrected chi connectivity index (χ4v) is 2.12. The van der Waals surface area contributed by atoms with Gasteiger partial charge in [-0.3, -0.25) is 4.98 Å². The van der Waals surface area contributed by atoms with Crippen LogP contribution in [0.5, 0.6) is 0 Å². The summed E-state index contributed by atoms with van der Waals surface area (Å²) in [4.78, 5) is 4.37. The van der Waals surface area contributed by atoms with E-state index in [0.717, 1.165) is 12.2 Å². The summed E-state index contributed by atoms with van der Waals surface area (Å²) in [5.41, 5.74) is 5.16. The predicted octanol–water partition coefficient (Wildman–Crippen LogP) is 3.55. The van der Waals surface area contributed by atoms with Gasteiger partial charge in [0.25, 0.3) is 0 Å². The maximum absolute atomic E-state index is 4.37. The first-order valence-electron chi connectivity index (χ1n) is 6.38. The summed E-state index contributed by atoms with van der Waals surface area (Å²) in [6.45, 7) is 7.36. The van der Waals surface area contributed by atoms with Crippen LogP contribution in [0.15, 0.2) is 42.6 Å². The molecule has 1 N–H and O–H groups in total. The number of rotatable bonds is 4. The molecule has 0 amide bonds. The third kappa shape index (κ3) is 2.96. The highest BCUT2D eigenvalue weighted by Gasteiger charge is 2.07. The molecule has 0 spiro atoms. The summed E-state index contributed by atoms with van der Waals surface area (Å²) >= 11 is 0. The van der Waals surface area contributed by atoms with Crippen LogP contribution in [0.1, 0.15) is 35.3 Å². The van der Waals surface area contributed by atoms with E-state index in [-0.39, 0.29) is 6.04 Å². The van der Waals surface area contributed by atoms with E-state index >= 15 is 0 Å². The molecule has 18 heavy (non-hydrogen) atoms. The first kappa shape index (κ1) is 12.8. The molecule has 0 saturated carbocycles. The summed E-state index contributed by atoms with van der Waals surface area (Å²) in [5.74, 6) is 0. The number of aromatic nitrogens is 1. The summed E-state index contributed by atoms with van der Waals surface area (Å²) < 4.78 is 0. The van der Waals surface area contributed by atoms with Crippen molar-refractivity contribution in [3.05, 3.63) is 65.0 Å². The van der Waals surface area contributed by atoms with Gasteiger partial charge in [0, 0.05) is 18.8 Å². The smallest absolute Gasteiger partial charge is 0.0570 e. The molecule has 0 aliphatic heterocycles. The lowest BCUT2D eigenvalue weighted by Crippen LogP contribution is -2.20. The topological polar surface area (TPSA) is 24.9 Å². The van der Waals surface area contributed by atoms with Gasteiger partial charge in [-0.2, -0.15) is 0 Å². The standard InChI is InChI=1S/C16H20N2/c1-12-7-6-8-13(2)15(12)11-18-14(3)16-9-4-5-10-17-16/h4-10,14,18H,11H2,1-3H3. The number of hydrogen-bond acceptors (Lipinski definition) is 2. The molecule has 2 rings (SSSR count). The van der Waals surface area contributed by atoms with E-state index in [0.29, 0.717) is 0 Å². The minimum atomic E-state index is 0.269. The Kier molecular flexibility index (Phi) is 4.11. The highest BCUT2D eigenvalue weighted by Crippen LogP contribution is 2.15. The molecule has 0 saturated heterocycles. The lowest BCUT2D eigenvalue weighted by molar-refractivity contribution is 0.559. The van der Waals surface area contributed by atoms with E-state index in [2.05, 4.69) is 55.3 Å². The maximum atomic E-state index is 4.37. The van der Waals surface area contributed by atoms with E-state index in [1.54, 1.807) is 0 Å². The van der Waals surface area contributed by atoms with E-state index < -0.39 is 0 Å². The zero-order chi connectivity index (χ0) is 13.0. The Hall–Kier alpha value is -1.67. The summed E-state index contributed by atoms with van der Waals surface area (Å²) in [5, 5.41) is 3.53. The third-order valence-corrected chi connectivity index (χ3v) is 3.36. The van der Waals surface area contributed by atoms with Gasteiger partial charge < -0.3 is 5.32 Å². The Labute approximate surface area is 109 Å². The SMILES string of the molecule is Cc1cccc(C)c1CNC(C)c1ccccn1. The zero-order valence-corrected chi connectivity index (χ0v) is 11.3. The number of nitrogens with one attached hydrogen (secondary N) is 1. The fourth-order valence-electron chi connectivity index (χ4n) is 2.12. The number of benzene rings is 1. The van der Waals surface area contributed by atoms with E-state index in [1.165, 1.54) is 16.7 Å². The second-order valence-electron chi connectivity index (χ2n) is 4.73. The van der Waals surface area contributed by atoms with Gasteiger partial charge in [-0.1, -0.05) is 24.3 Å². The number of nitrogens with zero attached hydrogens (tertiary/aromatic N) is 1. The predicted molar refractivity (Wildman–Crippen MR) is 75.4 cm³/mol. The summed E-state index contributed by atoms with van der Waals surface area (Å²) in [6.07, 6.45) is 1.84. The normalized spacial score (nSPS) is 12.4. The van der Waals surface area contributed by atoms with E-state index in [1.807, 2.05) is 18.3 Å². The molecule has 0 aliphatic rings. The minimum absolute atomic E-state index is 0.269. The van der Waals surface area contributed by atoms with Crippen molar-refractivity contribution in [2.75, 3.05) is 0 Å². The molecule has 0 aliphatic carbocycles. The Morgan fingerprint density at radius 3 is 2.39 bits per heavy atom. The molecule has 0 bridgehead atoms. The van der Waals surface area contributed by atoms with Gasteiger partial charge in [-0.15, -0.1) is 0 Å². The van der Waals surface area contributed by atoms with Crippen molar-refractivity contribution in [3.8, 4) is 0 Å². The van der Waals surface area contributed by atoms with Crippen molar-refractivity contribution in [1.29, 1.82) is 0 Å². The second-order valence-corrected chi connectivity index (χ2v) is 4.73. The van der Waals surface area contributed by atoms with Crippen molar-refractivity contribution in [3.63, 3.8) is 0 Å². The molecular formula is C16H20N2. The monoisotopic (exact) mass is 240 g/mol. The van der Waals surface area contributed by atoms with Gasteiger partial charge >= 0.3 is 0 Å². The lowest BCUT2D eigenvalue weighted by Gasteiger charge is -2.16. The third-order valence-electron chi connectivity index (χ3n) is 3.36. The molecule has 1 heterocycles. The molecule has 2 heteroatoms. The lowest BCUT2D eigenvalue weighted by atomic mass is 10.0. The fraction of sp³-hybridized carbons (Fsp3) is 0.312. The van der Waals surface area contributed by atoms with Gasteiger partial charge in [-0.25, -0.2) is 0 Å². The largest absolute Gasteiger partial charge is 0.305 e. The average molecular weight is 240 g/mol. The van der Waals surface area contributed by atoms with Crippen LogP contribution in [0.2, 0.25) is 0 Å². The Balaban J connectivity index is 2.04. The van der Waals surface area contributed by atoms with Crippen LogP contribution in [0.25, 0.3) is 0 Å². The van der Waals surface area contributed by atoms with Gasteiger partial charge in [0.1, 0.15) is 0 Å². The highest BCUT2D eigenvalue weighted by molar-refractivity contribution is 5.33. The molecule has 2 aromatic rings. The van der Waals surface area contributed by atoms with Gasteiger partial charge in [-0.05, 0) is 49.6 Å². The van der Waals surface area contributed by atoms with Crippen LogP contribution >= 0.6 is 0 Å². The molecular weight excluding hydrogens is 220 g/mol. The minimum Gasteiger partial charge on any atom is -0.305 e. The summed E-state index contributed by atoms with van der Waals surface area (Å²) in [7, 11) is 0. The van der Waals surface area contributed by atoms with Gasteiger partial charge in [0.05, 0.1) is 5.69 Å². The quantitative estimate of drug-likeness (QED) is 0.884. The second kappa shape index (κ2) is 5.78. The average Bonchev–Trinajstić information content (AvgIpc) is 2.39. The molecule has 1 aromatic heterocycles. The Morgan fingerprint density at radius 2 is 1.78 bits per heavy atom. The van der Waals surface area contributed by atoms with Crippen molar-refractivity contribution in [2.24, 2.45) is 0 Å².